The number of halogens is 3. The molecule has 7 heteroatoms. The van der Waals surface area contributed by atoms with Crippen LogP contribution in [0.25, 0.3) is 6.08 Å². The van der Waals surface area contributed by atoms with Crippen LogP contribution in [-0.2, 0) is 16.1 Å². The zero-order chi connectivity index (χ0) is 15.2. The van der Waals surface area contributed by atoms with Crippen molar-refractivity contribution in [2.45, 2.75) is 12.8 Å². The first-order chi connectivity index (χ1) is 9.31. The van der Waals surface area contributed by atoms with Crippen LogP contribution in [-0.4, -0.2) is 25.8 Å². The number of methoxy groups -OCH3 is 1. The molecule has 0 spiro atoms. The minimum atomic E-state index is -4.38. The van der Waals surface area contributed by atoms with Gasteiger partial charge in [0.05, 0.1) is 13.7 Å². The molecule has 0 heterocycles. The minimum Gasteiger partial charge on any atom is -0.496 e. The molecule has 0 atom stereocenters. The highest BCUT2D eigenvalue weighted by Crippen LogP contribution is 2.23. The van der Waals surface area contributed by atoms with Gasteiger partial charge in [-0.25, -0.2) is 0 Å². The summed E-state index contributed by atoms with van der Waals surface area (Å²) >= 11 is 0. The van der Waals surface area contributed by atoms with E-state index in [1.807, 2.05) is 0 Å². The number of benzene rings is 1. The van der Waals surface area contributed by atoms with Gasteiger partial charge in [0.15, 0.2) is 0 Å². The summed E-state index contributed by atoms with van der Waals surface area (Å²) in [5.74, 6) is -0.209. The van der Waals surface area contributed by atoms with Gasteiger partial charge in [-0.2, -0.15) is 13.2 Å². The van der Waals surface area contributed by atoms with Crippen LogP contribution in [0.1, 0.15) is 11.1 Å². The van der Waals surface area contributed by atoms with Gasteiger partial charge in [0.2, 0.25) is 5.91 Å². The van der Waals surface area contributed by atoms with Crippen molar-refractivity contribution in [3.05, 3.63) is 35.4 Å². The summed E-state index contributed by atoms with van der Waals surface area (Å²) in [4.78, 5) is 10.6. The molecule has 1 aromatic rings. The summed E-state index contributed by atoms with van der Waals surface area (Å²) in [6, 6.07) is 4.78. The molecule has 0 fully saturated rings. The van der Waals surface area contributed by atoms with E-state index in [0.29, 0.717) is 16.9 Å². The molecule has 4 nitrogen and oxygen atoms in total. The van der Waals surface area contributed by atoms with Gasteiger partial charge in [-0.1, -0.05) is 6.07 Å². The van der Waals surface area contributed by atoms with Crippen LogP contribution in [0.5, 0.6) is 5.75 Å². The quantitative estimate of drug-likeness (QED) is 0.817. The second-order valence-electron chi connectivity index (χ2n) is 3.91. The molecule has 0 saturated heterocycles. The Morgan fingerprint density at radius 2 is 2.10 bits per heavy atom. The summed E-state index contributed by atoms with van der Waals surface area (Å²) in [7, 11) is 1.40. The second kappa shape index (κ2) is 6.95. The SMILES string of the molecule is COc1ccc(/C=C\C(N)=O)cc1COCC(F)(F)F. The number of hydrogen-bond donors (Lipinski definition) is 1. The molecule has 1 amide bonds. The van der Waals surface area contributed by atoms with Crippen molar-refractivity contribution < 1.29 is 27.4 Å². The highest BCUT2D eigenvalue weighted by molar-refractivity contribution is 5.90. The summed E-state index contributed by atoms with van der Waals surface area (Å²) in [6.45, 7) is -1.58. The van der Waals surface area contributed by atoms with Gasteiger partial charge in [-0.05, 0) is 23.8 Å². The maximum Gasteiger partial charge on any atom is 0.411 e. The van der Waals surface area contributed by atoms with Gasteiger partial charge >= 0.3 is 6.18 Å². The summed E-state index contributed by atoms with van der Waals surface area (Å²) in [5.41, 5.74) is 6.02. The Balaban J connectivity index is 2.81. The standard InChI is InChI=1S/C13H14F3NO3/c1-19-11-4-2-9(3-5-12(17)18)6-10(11)7-20-8-13(14,15)16/h2-6H,7-8H2,1H3,(H2,17,18)/b5-3-. The van der Waals surface area contributed by atoms with E-state index in [0.717, 1.165) is 6.08 Å². The van der Waals surface area contributed by atoms with E-state index in [9.17, 15) is 18.0 Å². The number of carbonyl (C=O) groups excluding carboxylic acids is 1. The molecular formula is C13H14F3NO3. The fourth-order valence-electron chi connectivity index (χ4n) is 1.47. The minimum absolute atomic E-state index is 0.249. The normalized spacial score (nSPS) is 11.8. The van der Waals surface area contributed by atoms with Crippen LogP contribution >= 0.6 is 0 Å². The number of hydrogen-bond acceptors (Lipinski definition) is 3. The van der Waals surface area contributed by atoms with Crippen LogP contribution in [0, 0.1) is 0 Å². The molecule has 0 radical (unpaired) electrons. The van der Waals surface area contributed by atoms with Gasteiger partial charge in [-0.3, -0.25) is 4.79 Å². The predicted molar refractivity (Wildman–Crippen MR) is 66.9 cm³/mol. The third-order valence-corrected chi connectivity index (χ3v) is 2.27. The third-order valence-electron chi connectivity index (χ3n) is 2.27. The van der Waals surface area contributed by atoms with Crippen LogP contribution in [0.4, 0.5) is 13.2 Å². The van der Waals surface area contributed by atoms with Crippen molar-refractivity contribution in [1.82, 2.24) is 0 Å². The van der Waals surface area contributed by atoms with E-state index in [1.54, 1.807) is 18.2 Å². The molecule has 0 aromatic heterocycles. The molecule has 0 aliphatic heterocycles. The van der Waals surface area contributed by atoms with Crippen molar-refractivity contribution >= 4 is 12.0 Å². The molecule has 0 aliphatic carbocycles. The topological polar surface area (TPSA) is 61.5 Å². The van der Waals surface area contributed by atoms with Crippen molar-refractivity contribution in [3.63, 3.8) is 0 Å². The molecule has 0 bridgehead atoms. The predicted octanol–water partition coefficient (Wildman–Crippen LogP) is 2.27. The summed E-state index contributed by atoms with van der Waals surface area (Å²) in [5, 5.41) is 0. The Kier molecular flexibility index (Phi) is 5.57. The lowest BCUT2D eigenvalue weighted by molar-refractivity contribution is -0.176. The van der Waals surface area contributed by atoms with E-state index in [4.69, 9.17) is 10.5 Å². The monoisotopic (exact) mass is 289 g/mol. The first-order valence-corrected chi connectivity index (χ1v) is 5.61. The Morgan fingerprint density at radius 3 is 2.65 bits per heavy atom. The summed E-state index contributed by atoms with van der Waals surface area (Å²) < 4.78 is 45.7. The van der Waals surface area contributed by atoms with Crippen LogP contribution in [0.15, 0.2) is 24.3 Å². The fourth-order valence-corrected chi connectivity index (χ4v) is 1.47. The third kappa shape index (κ3) is 5.75. The van der Waals surface area contributed by atoms with E-state index in [-0.39, 0.29) is 6.61 Å². The van der Waals surface area contributed by atoms with Crippen LogP contribution in [0.3, 0.4) is 0 Å². The van der Waals surface area contributed by atoms with Crippen molar-refractivity contribution in [1.29, 1.82) is 0 Å². The highest BCUT2D eigenvalue weighted by Gasteiger charge is 2.27. The van der Waals surface area contributed by atoms with E-state index >= 15 is 0 Å². The number of alkyl halides is 3. The van der Waals surface area contributed by atoms with Gasteiger partial charge in [0.1, 0.15) is 12.4 Å². The number of amides is 1. The molecule has 110 valence electrons. The Hall–Kier alpha value is -2.02. The number of primary amides is 1. The van der Waals surface area contributed by atoms with Gasteiger partial charge in [-0.15, -0.1) is 0 Å². The van der Waals surface area contributed by atoms with Crippen molar-refractivity contribution in [2.75, 3.05) is 13.7 Å². The molecule has 0 unspecified atom stereocenters. The second-order valence-corrected chi connectivity index (χ2v) is 3.91. The number of carbonyl (C=O) groups is 1. The number of nitrogens with two attached hydrogens (primary N) is 1. The number of ether oxygens (including phenoxy) is 2. The van der Waals surface area contributed by atoms with Crippen LogP contribution < -0.4 is 10.5 Å². The molecule has 1 aromatic carbocycles. The van der Waals surface area contributed by atoms with Gasteiger partial charge < -0.3 is 15.2 Å². The Morgan fingerprint density at radius 1 is 1.40 bits per heavy atom. The average molecular weight is 289 g/mol. The number of rotatable bonds is 6. The molecule has 2 N–H and O–H groups in total. The zero-order valence-electron chi connectivity index (χ0n) is 10.7. The van der Waals surface area contributed by atoms with Crippen LogP contribution in [0.2, 0.25) is 0 Å². The molecule has 0 aliphatic rings. The molecule has 20 heavy (non-hydrogen) atoms. The fraction of sp³-hybridized carbons (Fsp3) is 0.308. The molecule has 0 saturated carbocycles. The lowest BCUT2D eigenvalue weighted by atomic mass is 10.1. The summed E-state index contributed by atoms with van der Waals surface area (Å²) in [6.07, 6.45) is -1.77. The lowest BCUT2D eigenvalue weighted by Gasteiger charge is -2.11. The average Bonchev–Trinajstić information content (AvgIpc) is 2.35. The Labute approximate surface area is 114 Å². The van der Waals surface area contributed by atoms with Crippen molar-refractivity contribution in [3.8, 4) is 5.75 Å². The smallest absolute Gasteiger partial charge is 0.411 e. The highest BCUT2D eigenvalue weighted by atomic mass is 19.4. The molecular weight excluding hydrogens is 275 g/mol. The zero-order valence-corrected chi connectivity index (χ0v) is 10.7. The van der Waals surface area contributed by atoms with Crippen molar-refractivity contribution in [2.24, 2.45) is 5.73 Å². The van der Waals surface area contributed by atoms with E-state index in [1.165, 1.54) is 13.2 Å². The lowest BCUT2D eigenvalue weighted by Crippen LogP contribution is -2.16. The maximum atomic E-state index is 12.0. The first kappa shape index (κ1) is 16.0. The first-order valence-electron chi connectivity index (χ1n) is 5.61. The van der Waals surface area contributed by atoms with Gasteiger partial charge in [0, 0.05) is 11.6 Å². The van der Waals surface area contributed by atoms with E-state index < -0.39 is 18.7 Å². The van der Waals surface area contributed by atoms with E-state index in [2.05, 4.69) is 4.74 Å². The van der Waals surface area contributed by atoms with Gasteiger partial charge in [0.25, 0.3) is 0 Å². The molecule has 1 rings (SSSR count). The largest absolute Gasteiger partial charge is 0.496 e. The maximum absolute atomic E-state index is 12.0. The Bertz CT molecular complexity index is 498.